The molecule has 1 fully saturated rings. The third-order valence-corrected chi connectivity index (χ3v) is 5.58. The Hall–Kier alpha value is -2.76. The van der Waals surface area contributed by atoms with Gasteiger partial charge in [0, 0.05) is 19.6 Å². The van der Waals surface area contributed by atoms with Gasteiger partial charge in [-0.05, 0) is 31.2 Å². The Balaban J connectivity index is 2.08. The second-order valence-corrected chi connectivity index (χ2v) is 7.87. The van der Waals surface area contributed by atoms with Crippen molar-refractivity contribution in [2.45, 2.75) is 44.5 Å². The van der Waals surface area contributed by atoms with Crippen LogP contribution in [0.5, 0.6) is 5.75 Å². The molecule has 3 rings (SSSR count). The average molecular weight is 448 g/mol. The largest absolute Gasteiger partial charge is 0.492 e. The van der Waals surface area contributed by atoms with Crippen LogP contribution in [0, 0.1) is 11.7 Å². The summed E-state index contributed by atoms with van der Waals surface area (Å²) in [7, 11) is 2.69. The molecule has 1 aliphatic rings. The first-order valence-electron chi connectivity index (χ1n) is 9.68. The number of ether oxygens (including phenoxy) is 1. The number of fused-ring (bicyclic) bond motifs is 1. The lowest BCUT2D eigenvalue weighted by molar-refractivity contribution is -0.217. The second kappa shape index (κ2) is 8.06. The van der Waals surface area contributed by atoms with Gasteiger partial charge in [0.15, 0.2) is 17.7 Å². The molecule has 0 aliphatic heterocycles. The Labute approximate surface area is 174 Å². The highest BCUT2D eigenvalue weighted by molar-refractivity contribution is 5.91. The minimum absolute atomic E-state index is 0.0469. The number of nitrogens with zero attached hydrogens (tertiary/aromatic N) is 3. The Bertz CT molecular complexity index is 1110. The van der Waals surface area contributed by atoms with Crippen molar-refractivity contribution in [1.82, 2.24) is 9.24 Å². The molecule has 2 atom stereocenters. The fraction of sp³-hybridized carbons (Fsp3) is 0.579. The molecule has 1 aromatic heterocycles. The summed E-state index contributed by atoms with van der Waals surface area (Å²) < 4.78 is 60.3. The zero-order valence-corrected chi connectivity index (χ0v) is 17.2. The predicted molar refractivity (Wildman–Crippen MR) is 107 cm³/mol. The number of methoxy groups -OCH3 is 1. The van der Waals surface area contributed by atoms with E-state index in [4.69, 9.17) is 10.6 Å². The number of halogens is 4. The lowest BCUT2D eigenvalue weighted by Crippen LogP contribution is -2.44. The van der Waals surface area contributed by atoms with Gasteiger partial charge >= 0.3 is 11.9 Å². The zero-order valence-electron chi connectivity index (χ0n) is 17.2. The van der Waals surface area contributed by atoms with Crippen molar-refractivity contribution >= 4 is 16.6 Å². The smallest absolute Gasteiger partial charge is 0.414 e. The highest BCUT2D eigenvalue weighted by atomic mass is 19.4. The number of aromatic nitrogens is 2. The predicted octanol–water partition coefficient (Wildman–Crippen LogP) is 1.75. The van der Waals surface area contributed by atoms with Gasteiger partial charge in [-0.25, -0.2) is 9.18 Å². The van der Waals surface area contributed by atoms with Crippen molar-refractivity contribution in [2.75, 3.05) is 31.4 Å². The number of nitrogen functional groups attached to an aromatic ring is 1. The highest BCUT2D eigenvalue weighted by Crippen LogP contribution is 2.42. The molecule has 12 heteroatoms. The number of hydrogen-bond acceptors (Lipinski definition) is 6. The molecule has 1 aliphatic carbocycles. The number of aliphatic hydroxyl groups excluding tert-OH is 1. The molecule has 1 heterocycles. The molecule has 1 aromatic carbocycles. The van der Waals surface area contributed by atoms with E-state index in [0.717, 1.165) is 6.07 Å². The van der Waals surface area contributed by atoms with Gasteiger partial charge < -0.3 is 20.6 Å². The maximum Gasteiger partial charge on any atom is 0.414 e. The molecule has 2 aromatic rings. The third kappa shape index (κ3) is 4.08. The van der Waals surface area contributed by atoms with Crippen LogP contribution in [0.3, 0.4) is 0 Å². The van der Waals surface area contributed by atoms with Gasteiger partial charge in [0.05, 0.1) is 12.5 Å². The van der Waals surface area contributed by atoms with Crippen LogP contribution in [0.25, 0.3) is 10.9 Å². The molecular weight excluding hydrogens is 424 g/mol. The second-order valence-electron chi connectivity index (χ2n) is 7.87. The monoisotopic (exact) mass is 448 g/mol. The van der Waals surface area contributed by atoms with E-state index in [1.54, 1.807) is 0 Å². The molecule has 0 radical (unpaired) electrons. The van der Waals surface area contributed by atoms with E-state index in [1.807, 2.05) is 0 Å². The van der Waals surface area contributed by atoms with Crippen LogP contribution in [0.2, 0.25) is 0 Å². The Morgan fingerprint density at radius 1 is 1.35 bits per heavy atom. The molecule has 0 spiro atoms. The quantitative estimate of drug-likeness (QED) is 0.494. The highest BCUT2D eigenvalue weighted by Gasteiger charge is 2.41. The molecule has 172 valence electrons. The minimum atomic E-state index is -4.76. The van der Waals surface area contributed by atoms with Crippen LogP contribution >= 0.6 is 0 Å². The molecule has 1 saturated carbocycles. The number of hydrogen-bond donors (Lipinski definition) is 2. The maximum absolute atomic E-state index is 15.0. The van der Waals surface area contributed by atoms with E-state index < -0.39 is 35.3 Å². The molecule has 8 nitrogen and oxygen atoms in total. The zero-order chi connectivity index (χ0) is 23.2. The standard InChI is InChI=1S/C19H24F4N4O4/c1-9(16(28)19(21,22)23)6-7-25(2)14-12(20)8-11-13(15(14)31-3)26(10-4-5-10)18(30)27(24)17(11)29/h8-10,16,28H,4-7,24H2,1-3H3. The van der Waals surface area contributed by atoms with Gasteiger partial charge in [-0.15, -0.1) is 0 Å². The van der Waals surface area contributed by atoms with E-state index in [0.29, 0.717) is 17.5 Å². The summed E-state index contributed by atoms with van der Waals surface area (Å²) in [4.78, 5) is 26.4. The number of anilines is 1. The van der Waals surface area contributed by atoms with Crippen LogP contribution in [-0.2, 0) is 0 Å². The van der Waals surface area contributed by atoms with E-state index in [9.17, 15) is 27.9 Å². The van der Waals surface area contributed by atoms with Crippen LogP contribution in [0.4, 0.5) is 23.2 Å². The lowest BCUT2D eigenvalue weighted by atomic mass is 10.00. The fourth-order valence-electron chi connectivity index (χ4n) is 3.65. The van der Waals surface area contributed by atoms with Crippen molar-refractivity contribution < 1.29 is 27.4 Å². The number of alkyl halides is 3. The summed E-state index contributed by atoms with van der Waals surface area (Å²) in [6.45, 7) is 1.20. The van der Waals surface area contributed by atoms with Crippen molar-refractivity contribution in [3.05, 3.63) is 32.7 Å². The number of nitrogens with two attached hydrogens (primary N) is 1. The number of benzene rings is 1. The summed E-state index contributed by atoms with van der Waals surface area (Å²) in [5.41, 5.74) is -1.66. The first kappa shape index (κ1) is 22.9. The van der Waals surface area contributed by atoms with Gasteiger partial charge in [0.2, 0.25) is 0 Å². The third-order valence-electron chi connectivity index (χ3n) is 5.58. The summed E-state index contributed by atoms with van der Waals surface area (Å²) in [5, 5.41) is 9.26. The first-order chi connectivity index (χ1) is 14.4. The van der Waals surface area contributed by atoms with E-state index in [-0.39, 0.29) is 41.3 Å². The molecule has 3 N–H and O–H groups in total. The summed E-state index contributed by atoms with van der Waals surface area (Å²) in [5.74, 6) is 3.51. The summed E-state index contributed by atoms with van der Waals surface area (Å²) in [6.07, 6.45) is -6.02. The summed E-state index contributed by atoms with van der Waals surface area (Å²) in [6, 6.07) is 0.728. The fourth-order valence-corrected chi connectivity index (χ4v) is 3.65. The molecule has 0 bridgehead atoms. The van der Waals surface area contributed by atoms with Crippen molar-refractivity contribution in [2.24, 2.45) is 5.92 Å². The Kier molecular flexibility index (Phi) is 5.96. The Morgan fingerprint density at radius 2 is 1.97 bits per heavy atom. The van der Waals surface area contributed by atoms with Crippen LogP contribution < -0.4 is 26.7 Å². The van der Waals surface area contributed by atoms with Gasteiger partial charge in [-0.2, -0.15) is 17.8 Å². The van der Waals surface area contributed by atoms with Gasteiger partial charge in [0.1, 0.15) is 11.2 Å². The number of aliphatic hydroxyl groups is 1. The SMILES string of the molecule is COc1c(N(C)CCC(C)C(O)C(F)(F)F)c(F)cc2c(=O)n(N)c(=O)n(C3CC3)c12. The van der Waals surface area contributed by atoms with E-state index in [1.165, 1.54) is 30.5 Å². The van der Waals surface area contributed by atoms with Crippen LogP contribution in [0.1, 0.15) is 32.2 Å². The Morgan fingerprint density at radius 3 is 2.48 bits per heavy atom. The summed E-state index contributed by atoms with van der Waals surface area (Å²) >= 11 is 0. The van der Waals surface area contributed by atoms with Gasteiger partial charge in [0.25, 0.3) is 5.56 Å². The molecular formula is C19H24F4N4O4. The van der Waals surface area contributed by atoms with Gasteiger partial charge in [-0.3, -0.25) is 9.36 Å². The van der Waals surface area contributed by atoms with Crippen LogP contribution in [-0.4, -0.2) is 47.3 Å². The molecule has 0 saturated heterocycles. The van der Waals surface area contributed by atoms with E-state index >= 15 is 4.39 Å². The minimum Gasteiger partial charge on any atom is -0.492 e. The lowest BCUT2D eigenvalue weighted by Gasteiger charge is -2.27. The topological polar surface area (TPSA) is 103 Å². The molecule has 2 unspecified atom stereocenters. The maximum atomic E-state index is 15.0. The number of rotatable bonds is 7. The molecule has 31 heavy (non-hydrogen) atoms. The molecule has 0 amide bonds. The van der Waals surface area contributed by atoms with E-state index in [2.05, 4.69) is 0 Å². The van der Waals surface area contributed by atoms with Crippen molar-refractivity contribution in [3.63, 3.8) is 0 Å². The van der Waals surface area contributed by atoms with Crippen molar-refractivity contribution in [1.29, 1.82) is 0 Å². The first-order valence-corrected chi connectivity index (χ1v) is 9.68. The van der Waals surface area contributed by atoms with Gasteiger partial charge in [-0.1, -0.05) is 6.92 Å². The normalized spacial score (nSPS) is 16.4. The van der Waals surface area contributed by atoms with Crippen molar-refractivity contribution in [3.8, 4) is 5.75 Å². The average Bonchev–Trinajstić information content (AvgIpc) is 3.53. The van der Waals surface area contributed by atoms with Crippen LogP contribution in [0.15, 0.2) is 15.7 Å².